The van der Waals surface area contributed by atoms with Crippen LogP contribution in [0.3, 0.4) is 0 Å². The molecule has 21 heavy (non-hydrogen) atoms. The van der Waals surface area contributed by atoms with Gasteiger partial charge in [0.15, 0.2) is 0 Å². The molecule has 1 aromatic rings. The van der Waals surface area contributed by atoms with E-state index in [2.05, 4.69) is 0 Å². The maximum absolute atomic E-state index is 10.3. The Balaban J connectivity index is 2.49. The van der Waals surface area contributed by atoms with Crippen LogP contribution in [-0.2, 0) is 4.79 Å². The number of benzene rings is 1. The smallest absolute Gasteiger partial charge is 0.327 e. The summed E-state index contributed by atoms with van der Waals surface area (Å²) < 4.78 is 5.26. The molecule has 0 radical (unpaired) electrons. The minimum atomic E-state index is -0.957. The summed E-state index contributed by atoms with van der Waals surface area (Å²) in [6.07, 6.45) is 3.43. The summed E-state index contributed by atoms with van der Waals surface area (Å²) in [6.45, 7) is 2.13. The largest absolute Gasteiger partial charge is 0.491 e. The molecule has 0 spiro atoms. The van der Waals surface area contributed by atoms with E-state index in [0.29, 0.717) is 18.6 Å². The second kappa shape index (κ2) is 9.15. The molecule has 3 N–H and O–H groups in total. The predicted molar refractivity (Wildman–Crippen MR) is 79.2 cm³/mol. The van der Waals surface area contributed by atoms with Crippen LogP contribution in [0.2, 0.25) is 0 Å². The Morgan fingerprint density at radius 2 is 2.00 bits per heavy atom. The zero-order chi connectivity index (χ0) is 15.7. The van der Waals surface area contributed by atoms with E-state index in [0.717, 1.165) is 11.6 Å². The lowest BCUT2D eigenvalue weighted by atomic mass is 9.93. The minimum absolute atomic E-state index is 0.0210. The summed E-state index contributed by atoms with van der Waals surface area (Å²) in [5.74, 6) is -0.286. The lowest BCUT2D eigenvalue weighted by Gasteiger charge is -2.19. The van der Waals surface area contributed by atoms with E-state index in [1.165, 1.54) is 0 Å². The van der Waals surface area contributed by atoms with Gasteiger partial charge in [0.2, 0.25) is 0 Å². The van der Waals surface area contributed by atoms with Crippen LogP contribution in [-0.4, -0.2) is 34.5 Å². The van der Waals surface area contributed by atoms with E-state index in [9.17, 15) is 9.90 Å². The first kappa shape index (κ1) is 17.2. The summed E-state index contributed by atoms with van der Waals surface area (Å²) >= 11 is 0. The van der Waals surface area contributed by atoms with E-state index in [1.54, 1.807) is 30.3 Å². The number of hydrogen-bond donors (Lipinski definition) is 3. The molecule has 0 saturated heterocycles. The topological polar surface area (TPSA) is 87.0 Å². The third-order valence-corrected chi connectivity index (χ3v) is 3.17. The molecule has 0 fully saturated rings. The molecule has 0 aromatic heterocycles. The molecule has 0 saturated carbocycles. The Hall–Kier alpha value is -1.85. The van der Waals surface area contributed by atoms with Crippen molar-refractivity contribution in [2.45, 2.75) is 25.9 Å². The lowest BCUT2D eigenvalue weighted by molar-refractivity contribution is -0.131. The standard InChI is InChI=1S/C16H22O5/c1-12(4-2-3-5-15(18)19)16(20)13-6-8-14(9-7-13)21-11-10-17/h3,5-9,12,16-17,20H,2,4,10-11H2,1H3,(H,18,19)/b5-3+/t12-,16-/m1/s1. The molecule has 5 nitrogen and oxygen atoms in total. The molecule has 0 heterocycles. The van der Waals surface area contributed by atoms with E-state index >= 15 is 0 Å². The maximum atomic E-state index is 10.3. The first-order chi connectivity index (χ1) is 10.0. The van der Waals surface area contributed by atoms with Gasteiger partial charge in [-0.25, -0.2) is 4.79 Å². The highest BCUT2D eigenvalue weighted by molar-refractivity contribution is 5.79. The van der Waals surface area contributed by atoms with Crippen molar-refractivity contribution in [3.05, 3.63) is 42.0 Å². The second-order valence-electron chi connectivity index (χ2n) is 4.88. The Morgan fingerprint density at radius 1 is 1.33 bits per heavy atom. The van der Waals surface area contributed by atoms with Gasteiger partial charge >= 0.3 is 5.97 Å². The first-order valence-electron chi connectivity index (χ1n) is 6.95. The van der Waals surface area contributed by atoms with E-state index in [4.69, 9.17) is 14.9 Å². The summed E-state index contributed by atoms with van der Waals surface area (Å²) in [6, 6.07) is 7.10. The number of aliphatic hydroxyl groups is 2. The quantitative estimate of drug-likeness (QED) is 0.607. The van der Waals surface area contributed by atoms with Crippen molar-refractivity contribution in [3.8, 4) is 5.75 Å². The third-order valence-electron chi connectivity index (χ3n) is 3.17. The average molecular weight is 294 g/mol. The molecule has 1 aromatic carbocycles. The monoisotopic (exact) mass is 294 g/mol. The van der Waals surface area contributed by atoms with Crippen LogP contribution in [0.5, 0.6) is 5.75 Å². The number of carboxylic acids is 1. The average Bonchev–Trinajstić information content (AvgIpc) is 2.49. The van der Waals surface area contributed by atoms with E-state index in [-0.39, 0.29) is 19.1 Å². The van der Waals surface area contributed by atoms with Crippen LogP contribution in [0.15, 0.2) is 36.4 Å². The van der Waals surface area contributed by atoms with Gasteiger partial charge in [0.25, 0.3) is 0 Å². The highest BCUT2D eigenvalue weighted by Crippen LogP contribution is 2.26. The molecule has 0 aliphatic heterocycles. The van der Waals surface area contributed by atoms with Crippen molar-refractivity contribution < 1.29 is 24.9 Å². The molecule has 0 aliphatic carbocycles. The summed E-state index contributed by atoms with van der Waals surface area (Å²) in [5.41, 5.74) is 0.793. The fourth-order valence-corrected chi connectivity index (χ4v) is 1.95. The Kier molecular flexibility index (Phi) is 7.50. The number of carboxylic acid groups (broad SMARTS) is 1. The van der Waals surface area contributed by atoms with Gasteiger partial charge in [-0.3, -0.25) is 0 Å². The van der Waals surface area contributed by atoms with Crippen molar-refractivity contribution in [3.63, 3.8) is 0 Å². The Bertz CT molecular complexity index is 452. The molecule has 0 amide bonds. The highest BCUT2D eigenvalue weighted by atomic mass is 16.5. The number of allylic oxidation sites excluding steroid dienone is 1. The summed E-state index contributed by atoms with van der Waals surface area (Å²) in [7, 11) is 0. The predicted octanol–water partition coefficient (Wildman–Crippen LogP) is 2.15. The van der Waals surface area contributed by atoms with Crippen molar-refractivity contribution in [1.82, 2.24) is 0 Å². The van der Waals surface area contributed by atoms with E-state index < -0.39 is 12.1 Å². The molecular weight excluding hydrogens is 272 g/mol. The van der Waals surface area contributed by atoms with Crippen LogP contribution in [0.25, 0.3) is 0 Å². The second-order valence-corrected chi connectivity index (χ2v) is 4.88. The van der Waals surface area contributed by atoms with E-state index in [1.807, 2.05) is 6.92 Å². The lowest BCUT2D eigenvalue weighted by Crippen LogP contribution is -2.09. The third kappa shape index (κ3) is 6.42. The molecule has 5 heteroatoms. The number of carbonyl (C=O) groups is 1. The van der Waals surface area contributed by atoms with Gasteiger partial charge in [-0.05, 0) is 36.5 Å². The zero-order valence-corrected chi connectivity index (χ0v) is 12.1. The van der Waals surface area contributed by atoms with Gasteiger partial charge < -0.3 is 20.1 Å². The van der Waals surface area contributed by atoms with Crippen molar-refractivity contribution in [1.29, 1.82) is 0 Å². The normalized spacial score (nSPS) is 14.0. The molecule has 0 aliphatic rings. The molecule has 0 unspecified atom stereocenters. The maximum Gasteiger partial charge on any atom is 0.327 e. The summed E-state index contributed by atoms with van der Waals surface area (Å²) in [4.78, 5) is 10.3. The van der Waals surface area contributed by atoms with Gasteiger partial charge in [0, 0.05) is 6.08 Å². The van der Waals surface area contributed by atoms with Crippen molar-refractivity contribution >= 4 is 5.97 Å². The summed E-state index contributed by atoms with van der Waals surface area (Å²) in [5, 5.41) is 27.4. The molecule has 116 valence electrons. The number of ether oxygens (including phenoxy) is 1. The van der Waals surface area contributed by atoms with Crippen LogP contribution in [0.4, 0.5) is 0 Å². The van der Waals surface area contributed by atoms with Crippen LogP contribution in [0, 0.1) is 5.92 Å². The van der Waals surface area contributed by atoms with Crippen molar-refractivity contribution in [2.75, 3.05) is 13.2 Å². The molecular formula is C16H22O5. The molecule has 2 atom stereocenters. The zero-order valence-electron chi connectivity index (χ0n) is 12.1. The van der Waals surface area contributed by atoms with Crippen LogP contribution >= 0.6 is 0 Å². The molecule has 1 rings (SSSR count). The number of aliphatic hydroxyl groups excluding tert-OH is 2. The fourth-order valence-electron chi connectivity index (χ4n) is 1.95. The van der Waals surface area contributed by atoms with Gasteiger partial charge in [-0.2, -0.15) is 0 Å². The van der Waals surface area contributed by atoms with Crippen molar-refractivity contribution in [2.24, 2.45) is 5.92 Å². The minimum Gasteiger partial charge on any atom is -0.491 e. The Morgan fingerprint density at radius 3 is 2.57 bits per heavy atom. The first-order valence-corrected chi connectivity index (χ1v) is 6.95. The number of rotatable bonds is 9. The number of hydrogen-bond acceptors (Lipinski definition) is 4. The fraction of sp³-hybridized carbons (Fsp3) is 0.438. The van der Waals surface area contributed by atoms with Gasteiger partial charge in [0.1, 0.15) is 12.4 Å². The SMILES string of the molecule is C[C@H](CC/C=C/C(=O)O)[C@@H](O)c1ccc(OCCO)cc1. The number of aliphatic carboxylic acids is 1. The van der Waals surface area contributed by atoms with Crippen LogP contribution in [0.1, 0.15) is 31.4 Å². The van der Waals surface area contributed by atoms with Gasteiger partial charge in [-0.1, -0.05) is 25.1 Å². The Labute approximate surface area is 124 Å². The molecule has 0 bridgehead atoms. The van der Waals surface area contributed by atoms with Gasteiger partial charge in [-0.15, -0.1) is 0 Å². The van der Waals surface area contributed by atoms with Gasteiger partial charge in [0.05, 0.1) is 12.7 Å². The highest BCUT2D eigenvalue weighted by Gasteiger charge is 2.15. The van der Waals surface area contributed by atoms with Crippen LogP contribution < -0.4 is 4.74 Å².